The molecule has 0 amide bonds. The second-order valence-corrected chi connectivity index (χ2v) is 8.01. The van der Waals surface area contributed by atoms with E-state index in [1.165, 1.54) is 54.3 Å². The van der Waals surface area contributed by atoms with Crippen molar-refractivity contribution in [1.29, 1.82) is 0 Å². The van der Waals surface area contributed by atoms with Crippen LogP contribution in [0.2, 0.25) is 0 Å². The van der Waals surface area contributed by atoms with Crippen LogP contribution in [0.4, 0.5) is 0 Å². The first-order valence-corrected chi connectivity index (χ1v) is 10.8. The average Bonchev–Trinajstić information content (AvgIpc) is 3.49. The third kappa shape index (κ3) is 3.00. The quantitative estimate of drug-likeness (QED) is 0.375. The Morgan fingerprint density at radius 1 is 0.645 bits per heavy atom. The lowest BCUT2D eigenvalue weighted by Crippen LogP contribution is -2.16. The van der Waals surface area contributed by atoms with Gasteiger partial charge >= 0.3 is 0 Å². The Morgan fingerprint density at radius 2 is 1.32 bits per heavy atom. The highest BCUT2D eigenvalue weighted by Crippen LogP contribution is 2.29. The molecule has 4 aromatic carbocycles. The largest absolute Gasteiger partial charge is 0.0801 e. The second kappa shape index (κ2) is 7.41. The molecule has 0 unspecified atom stereocenters. The van der Waals surface area contributed by atoms with E-state index in [0.29, 0.717) is 0 Å². The summed E-state index contributed by atoms with van der Waals surface area (Å²) >= 11 is 0. The Bertz CT molecular complexity index is 1530. The van der Waals surface area contributed by atoms with Crippen molar-refractivity contribution in [2.24, 2.45) is 0 Å². The molecule has 0 aromatic heterocycles. The molecule has 6 rings (SSSR count). The van der Waals surface area contributed by atoms with Crippen LogP contribution in [0.15, 0.2) is 115 Å². The summed E-state index contributed by atoms with van der Waals surface area (Å²) in [7, 11) is 0. The molecule has 0 saturated heterocycles. The van der Waals surface area contributed by atoms with E-state index >= 15 is 0 Å². The highest BCUT2D eigenvalue weighted by Gasteiger charge is 2.17. The number of benzene rings is 4. The fourth-order valence-electron chi connectivity index (χ4n) is 4.78. The zero-order chi connectivity index (χ0) is 20.6. The molecular formula is C31H21. The molecule has 0 nitrogen and oxygen atoms in total. The first kappa shape index (κ1) is 17.9. The van der Waals surface area contributed by atoms with Gasteiger partial charge in [-0.3, -0.25) is 0 Å². The van der Waals surface area contributed by atoms with Gasteiger partial charge < -0.3 is 0 Å². The predicted octanol–water partition coefficient (Wildman–Crippen LogP) is 5.58. The van der Waals surface area contributed by atoms with Gasteiger partial charge in [-0.05, 0) is 66.8 Å². The summed E-state index contributed by atoms with van der Waals surface area (Å²) in [5.41, 5.74) is 7.62. The van der Waals surface area contributed by atoms with Crippen LogP contribution in [0.1, 0.15) is 28.7 Å². The molecule has 0 atom stereocenters. The van der Waals surface area contributed by atoms with Crippen LogP contribution in [-0.4, -0.2) is 0 Å². The van der Waals surface area contributed by atoms with Crippen molar-refractivity contribution in [3.05, 3.63) is 158 Å². The van der Waals surface area contributed by atoms with Crippen LogP contribution in [-0.2, 0) is 0 Å². The topological polar surface area (TPSA) is 0 Å². The Hall–Kier alpha value is -3.90. The standard InChI is InChI=1S/C31H21/c1-3-11-22(12-4-1)30(23-13-5-2-6-14-23)28-20-19-27-26-18-10-9-17-25(26)21-29(27)31(28)24-15-7-8-16-24/h1-15,17-20H,16H2. The van der Waals surface area contributed by atoms with E-state index < -0.39 is 0 Å². The van der Waals surface area contributed by atoms with Gasteiger partial charge in [-0.15, -0.1) is 0 Å². The van der Waals surface area contributed by atoms with E-state index in [-0.39, 0.29) is 0 Å². The highest BCUT2D eigenvalue weighted by molar-refractivity contribution is 5.86. The van der Waals surface area contributed by atoms with Crippen molar-refractivity contribution < 1.29 is 0 Å². The molecule has 0 fully saturated rings. The maximum Gasteiger partial charge on any atom is -0.000731 e. The molecule has 0 heterocycles. The zero-order valence-electron chi connectivity index (χ0n) is 17.2. The van der Waals surface area contributed by atoms with Gasteiger partial charge in [-0.25, -0.2) is 0 Å². The van der Waals surface area contributed by atoms with Crippen LogP contribution in [0, 0.1) is 10.4 Å². The summed E-state index contributed by atoms with van der Waals surface area (Å²) in [5.74, 6) is 0. The fourth-order valence-corrected chi connectivity index (χ4v) is 4.78. The van der Waals surface area contributed by atoms with Crippen molar-refractivity contribution in [2.75, 3.05) is 0 Å². The SMILES string of the molecule is [C]1=c2ccccc2=c2ccc(=C(c3ccccc3)c3ccccc3)c(C3=CC=CC3)c21. The van der Waals surface area contributed by atoms with Gasteiger partial charge in [-0.1, -0.05) is 115 Å². The lowest BCUT2D eigenvalue weighted by atomic mass is 9.88. The fraction of sp³-hybridized carbons (Fsp3) is 0.0323. The van der Waals surface area contributed by atoms with Crippen LogP contribution in [0.25, 0.3) is 17.2 Å². The molecule has 0 heteroatoms. The van der Waals surface area contributed by atoms with Crippen LogP contribution in [0.5, 0.6) is 0 Å². The lowest BCUT2D eigenvalue weighted by Gasteiger charge is -2.15. The first-order chi connectivity index (χ1) is 15.4. The minimum atomic E-state index is 0.957. The number of rotatable bonds is 3. The van der Waals surface area contributed by atoms with E-state index in [2.05, 4.69) is 121 Å². The number of hydrogen-bond donors (Lipinski definition) is 0. The van der Waals surface area contributed by atoms with Gasteiger partial charge in [0.2, 0.25) is 0 Å². The lowest BCUT2D eigenvalue weighted by molar-refractivity contribution is 1.35. The van der Waals surface area contributed by atoms with E-state index in [1.54, 1.807) is 0 Å². The van der Waals surface area contributed by atoms with E-state index in [9.17, 15) is 0 Å². The van der Waals surface area contributed by atoms with Crippen LogP contribution < -0.4 is 10.4 Å². The second-order valence-electron chi connectivity index (χ2n) is 8.01. The number of fused-ring (bicyclic) bond motifs is 2. The molecule has 0 bridgehead atoms. The number of hydrogen-bond acceptors (Lipinski definition) is 0. The Labute approximate surface area is 182 Å². The van der Waals surface area contributed by atoms with E-state index in [4.69, 9.17) is 0 Å². The Balaban J connectivity index is 1.81. The van der Waals surface area contributed by atoms with Crippen molar-refractivity contribution in [3.8, 4) is 0 Å². The monoisotopic (exact) mass is 393 g/mol. The van der Waals surface area contributed by atoms with Crippen molar-refractivity contribution in [2.45, 2.75) is 6.42 Å². The van der Waals surface area contributed by atoms with Gasteiger partial charge in [0.05, 0.1) is 0 Å². The summed E-state index contributed by atoms with van der Waals surface area (Å²) < 4.78 is 0. The Kier molecular flexibility index (Phi) is 4.28. The highest BCUT2D eigenvalue weighted by atomic mass is 14.2. The summed E-state index contributed by atoms with van der Waals surface area (Å²) in [6.45, 7) is 0. The van der Waals surface area contributed by atoms with Gasteiger partial charge in [0.25, 0.3) is 0 Å². The van der Waals surface area contributed by atoms with Crippen molar-refractivity contribution in [3.63, 3.8) is 0 Å². The summed E-state index contributed by atoms with van der Waals surface area (Å²) in [4.78, 5) is 0. The molecule has 0 saturated carbocycles. The molecule has 145 valence electrons. The normalized spacial score (nSPS) is 13.4. The maximum absolute atomic E-state index is 3.74. The minimum absolute atomic E-state index is 0.957. The average molecular weight is 394 g/mol. The van der Waals surface area contributed by atoms with Crippen molar-refractivity contribution in [1.82, 2.24) is 0 Å². The summed E-state index contributed by atoms with van der Waals surface area (Å²) in [6.07, 6.45) is 11.4. The van der Waals surface area contributed by atoms with Crippen molar-refractivity contribution >= 4 is 17.2 Å². The molecule has 0 spiro atoms. The summed E-state index contributed by atoms with van der Waals surface area (Å²) in [6, 6.07) is 34.7. The molecule has 31 heavy (non-hydrogen) atoms. The molecule has 4 aromatic rings. The molecule has 0 N–H and O–H groups in total. The van der Waals surface area contributed by atoms with Gasteiger partial charge in [0.1, 0.15) is 0 Å². The van der Waals surface area contributed by atoms with Gasteiger partial charge in [-0.2, -0.15) is 0 Å². The molecule has 2 aliphatic rings. The minimum Gasteiger partial charge on any atom is -0.0801 e. The van der Waals surface area contributed by atoms with Gasteiger partial charge in [0, 0.05) is 0 Å². The molecule has 2 aliphatic carbocycles. The predicted molar refractivity (Wildman–Crippen MR) is 129 cm³/mol. The number of allylic oxidation sites excluding steroid dienone is 4. The summed E-state index contributed by atoms with van der Waals surface area (Å²) in [5, 5.41) is 5.01. The van der Waals surface area contributed by atoms with E-state index in [0.717, 1.165) is 6.42 Å². The smallest absolute Gasteiger partial charge is 0.000731 e. The zero-order valence-corrected chi connectivity index (χ0v) is 17.2. The Morgan fingerprint density at radius 3 is 2.00 bits per heavy atom. The first-order valence-electron chi connectivity index (χ1n) is 10.8. The van der Waals surface area contributed by atoms with Crippen LogP contribution >= 0.6 is 0 Å². The molecular weight excluding hydrogens is 372 g/mol. The third-order valence-electron chi connectivity index (χ3n) is 6.17. The molecule has 0 aliphatic heterocycles. The maximum atomic E-state index is 3.74. The van der Waals surface area contributed by atoms with Gasteiger partial charge in [0.15, 0.2) is 0 Å². The van der Waals surface area contributed by atoms with Crippen LogP contribution in [0.3, 0.4) is 0 Å². The molecule has 1 radical (unpaired) electrons. The van der Waals surface area contributed by atoms with E-state index in [1.807, 2.05) is 0 Å². The third-order valence-corrected chi connectivity index (χ3v) is 6.17.